The smallest absolute Gasteiger partial charge is 0.293 e. The zero-order chi connectivity index (χ0) is 19.4. The molecule has 0 saturated carbocycles. The summed E-state index contributed by atoms with van der Waals surface area (Å²) in [5.41, 5.74) is 1.86. The van der Waals surface area contributed by atoms with E-state index in [0.717, 1.165) is 27.8 Å². The molecule has 0 aliphatic carbocycles. The van der Waals surface area contributed by atoms with E-state index < -0.39 is 22.9 Å². The molecule has 3 amide bonds. The van der Waals surface area contributed by atoms with E-state index in [4.69, 9.17) is 0 Å². The van der Waals surface area contributed by atoms with Gasteiger partial charge < -0.3 is 5.32 Å². The molecule has 1 aliphatic rings. The second kappa shape index (κ2) is 8.18. The van der Waals surface area contributed by atoms with Crippen LogP contribution in [0, 0.1) is 12.7 Å². The molecule has 0 aromatic heterocycles. The van der Waals surface area contributed by atoms with Crippen LogP contribution in [0.15, 0.2) is 53.4 Å². The van der Waals surface area contributed by atoms with Gasteiger partial charge in [-0.05, 0) is 42.5 Å². The van der Waals surface area contributed by atoms with Crippen LogP contribution in [-0.4, -0.2) is 35.0 Å². The van der Waals surface area contributed by atoms with Crippen molar-refractivity contribution in [1.82, 2.24) is 10.2 Å². The van der Waals surface area contributed by atoms with Crippen molar-refractivity contribution in [3.8, 4) is 0 Å². The zero-order valence-electron chi connectivity index (χ0n) is 14.6. The summed E-state index contributed by atoms with van der Waals surface area (Å²) in [5.74, 6) is -1.61. The van der Waals surface area contributed by atoms with Crippen molar-refractivity contribution in [2.75, 3.05) is 13.1 Å². The highest BCUT2D eigenvalue weighted by molar-refractivity contribution is 8.18. The highest BCUT2D eigenvalue weighted by atomic mass is 32.2. The van der Waals surface area contributed by atoms with Crippen molar-refractivity contribution in [1.29, 1.82) is 0 Å². The summed E-state index contributed by atoms with van der Waals surface area (Å²) < 4.78 is 13.6. The van der Waals surface area contributed by atoms with Crippen LogP contribution in [0.3, 0.4) is 0 Å². The van der Waals surface area contributed by atoms with Gasteiger partial charge in [-0.3, -0.25) is 19.3 Å². The van der Waals surface area contributed by atoms with E-state index in [1.54, 1.807) is 12.1 Å². The number of amides is 3. The number of thioether (sulfide) groups is 1. The second-order valence-corrected chi connectivity index (χ2v) is 6.97. The van der Waals surface area contributed by atoms with Gasteiger partial charge in [-0.15, -0.1) is 0 Å². The van der Waals surface area contributed by atoms with Crippen molar-refractivity contribution in [3.05, 3.63) is 75.9 Å². The molecular formula is C20H17FN2O3S. The number of rotatable bonds is 5. The maximum Gasteiger partial charge on any atom is 0.293 e. The summed E-state index contributed by atoms with van der Waals surface area (Å²) >= 11 is 0.864. The quantitative estimate of drug-likeness (QED) is 0.800. The molecule has 0 bridgehead atoms. The van der Waals surface area contributed by atoms with Gasteiger partial charge in [-0.1, -0.05) is 42.0 Å². The van der Waals surface area contributed by atoms with Crippen LogP contribution < -0.4 is 5.32 Å². The van der Waals surface area contributed by atoms with E-state index >= 15 is 0 Å². The van der Waals surface area contributed by atoms with Gasteiger partial charge in [0.1, 0.15) is 5.82 Å². The molecule has 0 unspecified atom stereocenters. The first-order valence-electron chi connectivity index (χ1n) is 8.30. The van der Waals surface area contributed by atoms with E-state index in [-0.39, 0.29) is 18.7 Å². The van der Waals surface area contributed by atoms with Crippen LogP contribution in [0.4, 0.5) is 9.18 Å². The highest BCUT2D eigenvalue weighted by Crippen LogP contribution is 2.31. The Morgan fingerprint density at radius 3 is 2.56 bits per heavy atom. The molecule has 5 nitrogen and oxygen atoms in total. The summed E-state index contributed by atoms with van der Waals surface area (Å²) in [6.07, 6.45) is 1.67. The summed E-state index contributed by atoms with van der Waals surface area (Å²) in [6, 6.07) is 13.2. The Bertz CT molecular complexity index is 925. The predicted octanol–water partition coefficient (Wildman–Crippen LogP) is 3.60. The number of carbonyl (C=O) groups excluding carboxylic acids is 3. The molecule has 0 atom stereocenters. The van der Waals surface area contributed by atoms with Crippen molar-refractivity contribution in [2.45, 2.75) is 6.92 Å². The molecule has 1 fully saturated rings. The normalized spacial score (nSPS) is 15.5. The van der Waals surface area contributed by atoms with Gasteiger partial charge in [-0.2, -0.15) is 0 Å². The van der Waals surface area contributed by atoms with Crippen molar-refractivity contribution in [3.63, 3.8) is 0 Å². The highest BCUT2D eigenvalue weighted by Gasteiger charge is 2.34. The van der Waals surface area contributed by atoms with Gasteiger partial charge in [0.25, 0.3) is 17.1 Å². The van der Waals surface area contributed by atoms with Crippen LogP contribution in [-0.2, 0) is 4.79 Å². The standard InChI is InChI=1S/C20H17FN2O3S/c1-13-6-8-14(9-7-13)12-17-19(25)23(20(26)27-17)11-10-22-18(24)15-4-2-3-5-16(15)21/h2-9,12H,10-11H2,1H3,(H,22,24)/b17-12-. The first kappa shape index (κ1) is 18.8. The summed E-state index contributed by atoms with van der Waals surface area (Å²) in [4.78, 5) is 37.9. The summed E-state index contributed by atoms with van der Waals surface area (Å²) in [5, 5.41) is 2.13. The summed E-state index contributed by atoms with van der Waals surface area (Å²) in [6.45, 7) is 2.03. The molecular weight excluding hydrogens is 367 g/mol. The Hall–Kier alpha value is -2.93. The number of nitrogens with one attached hydrogen (secondary N) is 1. The van der Waals surface area contributed by atoms with E-state index in [0.29, 0.717) is 4.91 Å². The van der Waals surface area contributed by atoms with Gasteiger partial charge in [0, 0.05) is 13.1 Å². The fourth-order valence-electron chi connectivity index (χ4n) is 2.53. The van der Waals surface area contributed by atoms with Gasteiger partial charge in [0.05, 0.1) is 10.5 Å². The monoisotopic (exact) mass is 384 g/mol. The fourth-order valence-corrected chi connectivity index (χ4v) is 3.39. The van der Waals surface area contributed by atoms with Crippen molar-refractivity contribution >= 4 is 34.9 Å². The molecule has 0 radical (unpaired) electrons. The number of imide groups is 1. The lowest BCUT2D eigenvalue weighted by molar-refractivity contribution is -0.122. The maximum absolute atomic E-state index is 13.6. The van der Waals surface area contributed by atoms with Crippen molar-refractivity contribution in [2.24, 2.45) is 0 Å². The van der Waals surface area contributed by atoms with Crippen LogP contribution in [0.25, 0.3) is 6.08 Å². The number of benzene rings is 2. The minimum absolute atomic E-state index is 0.0239. The molecule has 0 spiro atoms. The van der Waals surface area contributed by atoms with Crippen LogP contribution in [0.5, 0.6) is 0 Å². The first-order chi connectivity index (χ1) is 13.0. The third-order valence-corrected chi connectivity index (χ3v) is 4.90. The number of carbonyl (C=O) groups is 3. The molecule has 1 N–H and O–H groups in total. The fraction of sp³-hybridized carbons (Fsp3) is 0.150. The molecule has 2 aromatic rings. The molecule has 1 saturated heterocycles. The lowest BCUT2D eigenvalue weighted by Crippen LogP contribution is -2.37. The number of hydrogen-bond acceptors (Lipinski definition) is 4. The molecule has 1 heterocycles. The molecule has 138 valence electrons. The Morgan fingerprint density at radius 1 is 1.15 bits per heavy atom. The lowest BCUT2D eigenvalue weighted by Gasteiger charge is -2.13. The lowest BCUT2D eigenvalue weighted by atomic mass is 10.1. The van der Waals surface area contributed by atoms with Crippen molar-refractivity contribution < 1.29 is 18.8 Å². The Morgan fingerprint density at radius 2 is 1.85 bits per heavy atom. The molecule has 1 aliphatic heterocycles. The second-order valence-electron chi connectivity index (χ2n) is 5.98. The van der Waals surface area contributed by atoms with E-state index in [9.17, 15) is 18.8 Å². The first-order valence-corrected chi connectivity index (χ1v) is 9.12. The Balaban J connectivity index is 1.60. The minimum Gasteiger partial charge on any atom is -0.350 e. The van der Waals surface area contributed by atoms with Crippen LogP contribution in [0.1, 0.15) is 21.5 Å². The Kier molecular flexibility index (Phi) is 5.71. The number of hydrogen-bond donors (Lipinski definition) is 1. The average molecular weight is 384 g/mol. The molecule has 3 rings (SSSR count). The molecule has 7 heteroatoms. The third kappa shape index (κ3) is 4.43. The van der Waals surface area contributed by atoms with Gasteiger partial charge in [0.15, 0.2) is 0 Å². The molecule has 27 heavy (non-hydrogen) atoms. The van der Waals surface area contributed by atoms with Gasteiger partial charge in [0.2, 0.25) is 0 Å². The number of aryl methyl sites for hydroxylation is 1. The van der Waals surface area contributed by atoms with Gasteiger partial charge >= 0.3 is 0 Å². The third-order valence-electron chi connectivity index (χ3n) is 3.99. The van der Waals surface area contributed by atoms with Crippen LogP contribution in [0.2, 0.25) is 0 Å². The predicted molar refractivity (Wildman–Crippen MR) is 103 cm³/mol. The number of nitrogens with zero attached hydrogens (tertiary/aromatic N) is 1. The minimum atomic E-state index is -0.623. The number of halogens is 1. The Labute approximate surface area is 160 Å². The molecule has 2 aromatic carbocycles. The van der Waals surface area contributed by atoms with E-state index in [1.807, 2.05) is 31.2 Å². The maximum atomic E-state index is 13.6. The van der Waals surface area contributed by atoms with Gasteiger partial charge in [-0.25, -0.2) is 4.39 Å². The largest absolute Gasteiger partial charge is 0.350 e. The average Bonchev–Trinajstić information content (AvgIpc) is 2.91. The van der Waals surface area contributed by atoms with Crippen LogP contribution >= 0.6 is 11.8 Å². The SMILES string of the molecule is Cc1ccc(/C=C2\SC(=O)N(CCNC(=O)c3ccccc3F)C2=O)cc1. The van der Waals surface area contributed by atoms with E-state index in [1.165, 1.54) is 18.2 Å². The topological polar surface area (TPSA) is 66.5 Å². The summed E-state index contributed by atoms with van der Waals surface area (Å²) in [7, 11) is 0. The zero-order valence-corrected chi connectivity index (χ0v) is 15.4. The van der Waals surface area contributed by atoms with E-state index in [2.05, 4.69) is 5.32 Å².